The molecule has 1 aromatic carbocycles. The van der Waals surface area contributed by atoms with Crippen LogP contribution in [0.1, 0.15) is 16.1 Å². The zero-order valence-electron chi connectivity index (χ0n) is 13.1. The van der Waals surface area contributed by atoms with Gasteiger partial charge in [-0.3, -0.25) is 4.79 Å². The average Bonchev–Trinajstić information content (AvgIpc) is 3.05. The van der Waals surface area contributed by atoms with E-state index in [1.54, 1.807) is 12.3 Å². The van der Waals surface area contributed by atoms with Crippen molar-refractivity contribution in [3.8, 4) is 0 Å². The molecule has 1 aliphatic heterocycles. The van der Waals surface area contributed by atoms with Crippen molar-refractivity contribution in [3.05, 3.63) is 47.8 Å². The number of nitrogens with zero attached hydrogens (tertiary/aromatic N) is 2. The van der Waals surface area contributed by atoms with Crippen LogP contribution in [-0.2, 0) is 0 Å². The van der Waals surface area contributed by atoms with E-state index in [0.29, 0.717) is 5.69 Å². The number of hydrogen-bond acceptors (Lipinski definition) is 3. The molecule has 0 spiro atoms. The summed E-state index contributed by atoms with van der Waals surface area (Å²) in [6.45, 7) is 6.18. The van der Waals surface area contributed by atoms with E-state index in [9.17, 15) is 4.79 Å². The summed E-state index contributed by atoms with van der Waals surface area (Å²) in [6, 6.07) is 9.86. The average molecular weight is 298 g/mol. The van der Waals surface area contributed by atoms with E-state index in [0.717, 1.165) is 37.4 Å². The summed E-state index contributed by atoms with van der Waals surface area (Å²) in [6.07, 6.45) is 1.75. The number of hydrogen-bond donors (Lipinski definition) is 2. The van der Waals surface area contributed by atoms with E-state index in [1.165, 1.54) is 5.69 Å². The maximum Gasteiger partial charge on any atom is 0.272 e. The van der Waals surface area contributed by atoms with Crippen molar-refractivity contribution in [2.75, 3.05) is 43.4 Å². The Morgan fingerprint density at radius 3 is 2.64 bits per heavy atom. The van der Waals surface area contributed by atoms with Gasteiger partial charge in [-0.2, -0.15) is 0 Å². The third-order valence-corrected chi connectivity index (χ3v) is 4.18. The van der Waals surface area contributed by atoms with E-state index < -0.39 is 0 Å². The molecule has 0 unspecified atom stereocenters. The molecule has 116 valence electrons. The van der Waals surface area contributed by atoms with E-state index in [1.807, 2.05) is 13.0 Å². The zero-order valence-corrected chi connectivity index (χ0v) is 13.1. The molecule has 0 saturated carbocycles. The number of H-pyrrole nitrogens is 1. The van der Waals surface area contributed by atoms with Crippen LogP contribution in [0.15, 0.2) is 36.5 Å². The summed E-state index contributed by atoms with van der Waals surface area (Å²) in [5.41, 5.74) is 3.68. The van der Waals surface area contributed by atoms with Crippen LogP contribution in [-0.4, -0.2) is 49.0 Å². The number of likely N-dealkylation sites (N-methyl/N-ethyl adjacent to an activating group) is 1. The summed E-state index contributed by atoms with van der Waals surface area (Å²) in [4.78, 5) is 19.8. The fourth-order valence-electron chi connectivity index (χ4n) is 2.67. The third-order valence-electron chi connectivity index (χ3n) is 4.18. The summed E-state index contributed by atoms with van der Waals surface area (Å²) < 4.78 is 0. The van der Waals surface area contributed by atoms with Gasteiger partial charge in [-0.25, -0.2) is 0 Å². The van der Waals surface area contributed by atoms with Crippen LogP contribution in [0, 0.1) is 6.92 Å². The predicted molar refractivity (Wildman–Crippen MR) is 89.6 cm³/mol. The van der Waals surface area contributed by atoms with Gasteiger partial charge in [-0.1, -0.05) is 6.07 Å². The molecule has 1 fully saturated rings. The highest BCUT2D eigenvalue weighted by Crippen LogP contribution is 2.24. The number of aromatic nitrogens is 1. The molecule has 1 aliphatic rings. The number of carbonyl (C=O) groups excluding carboxylic acids is 1. The minimum Gasteiger partial charge on any atom is -0.369 e. The van der Waals surface area contributed by atoms with Crippen molar-refractivity contribution in [1.82, 2.24) is 9.88 Å². The SMILES string of the molecule is Cc1ccc(N2CCN(C)CC2)cc1NC(=O)c1ccc[nH]1. The highest BCUT2D eigenvalue weighted by Gasteiger charge is 2.16. The lowest BCUT2D eigenvalue weighted by molar-refractivity contribution is 0.102. The lowest BCUT2D eigenvalue weighted by atomic mass is 10.1. The first-order valence-electron chi connectivity index (χ1n) is 7.62. The molecule has 3 rings (SSSR count). The molecule has 0 bridgehead atoms. The number of amides is 1. The van der Waals surface area contributed by atoms with Crippen molar-refractivity contribution < 1.29 is 4.79 Å². The minimum atomic E-state index is -0.108. The topological polar surface area (TPSA) is 51.4 Å². The number of rotatable bonds is 3. The standard InChI is InChI=1S/C17H22N4O/c1-13-5-6-14(21-10-8-20(2)9-11-21)12-16(13)19-17(22)15-4-3-7-18-15/h3-7,12,18H,8-11H2,1-2H3,(H,19,22). The maximum atomic E-state index is 12.2. The Bertz CT molecular complexity index is 643. The van der Waals surface area contributed by atoms with Crippen LogP contribution < -0.4 is 10.2 Å². The summed E-state index contributed by atoms with van der Waals surface area (Å²) in [5.74, 6) is -0.108. The van der Waals surface area contributed by atoms with Gasteiger partial charge in [0.15, 0.2) is 0 Å². The van der Waals surface area contributed by atoms with Crippen LogP contribution in [0.25, 0.3) is 0 Å². The Morgan fingerprint density at radius 2 is 1.95 bits per heavy atom. The highest BCUT2D eigenvalue weighted by atomic mass is 16.1. The van der Waals surface area contributed by atoms with E-state index in [4.69, 9.17) is 0 Å². The molecular formula is C17H22N4O. The molecule has 22 heavy (non-hydrogen) atoms. The second-order valence-corrected chi connectivity index (χ2v) is 5.83. The highest BCUT2D eigenvalue weighted by molar-refractivity contribution is 6.03. The van der Waals surface area contributed by atoms with Gasteiger partial charge < -0.3 is 20.1 Å². The Balaban J connectivity index is 1.76. The summed E-state index contributed by atoms with van der Waals surface area (Å²) in [7, 11) is 2.15. The van der Waals surface area contributed by atoms with Crippen LogP contribution in [0.3, 0.4) is 0 Å². The Labute approximate surface area is 130 Å². The number of anilines is 2. The van der Waals surface area contributed by atoms with Gasteiger partial charge in [0.2, 0.25) is 0 Å². The van der Waals surface area contributed by atoms with Crippen molar-refractivity contribution in [3.63, 3.8) is 0 Å². The molecular weight excluding hydrogens is 276 g/mol. The second kappa shape index (κ2) is 6.23. The van der Waals surface area contributed by atoms with Gasteiger partial charge in [0.1, 0.15) is 5.69 Å². The van der Waals surface area contributed by atoms with Gasteiger partial charge in [0, 0.05) is 43.8 Å². The molecule has 5 heteroatoms. The molecule has 2 N–H and O–H groups in total. The molecule has 2 aromatic rings. The lowest BCUT2D eigenvalue weighted by Gasteiger charge is -2.34. The van der Waals surface area contributed by atoms with Crippen molar-refractivity contribution in [2.45, 2.75) is 6.92 Å². The van der Waals surface area contributed by atoms with Crippen LogP contribution in [0.2, 0.25) is 0 Å². The first-order chi connectivity index (χ1) is 10.6. The first kappa shape index (κ1) is 14.7. The minimum absolute atomic E-state index is 0.108. The molecule has 0 aliphatic carbocycles. The quantitative estimate of drug-likeness (QED) is 0.914. The normalized spacial score (nSPS) is 15.8. The molecule has 2 heterocycles. The van der Waals surface area contributed by atoms with Crippen LogP contribution in [0.5, 0.6) is 0 Å². The molecule has 0 radical (unpaired) electrons. The number of aryl methyl sites for hydroxylation is 1. The Morgan fingerprint density at radius 1 is 1.18 bits per heavy atom. The zero-order chi connectivity index (χ0) is 15.5. The van der Waals surface area contributed by atoms with Crippen LogP contribution >= 0.6 is 0 Å². The molecule has 5 nitrogen and oxygen atoms in total. The van der Waals surface area contributed by atoms with Gasteiger partial charge in [-0.05, 0) is 43.8 Å². The Hall–Kier alpha value is -2.27. The first-order valence-corrected chi connectivity index (χ1v) is 7.62. The van der Waals surface area contributed by atoms with Gasteiger partial charge >= 0.3 is 0 Å². The van der Waals surface area contributed by atoms with Gasteiger partial charge in [-0.15, -0.1) is 0 Å². The largest absolute Gasteiger partial charge is 0.369 e. The molecule has 1 aromatic heterocycles. The van der Waals surface area contributed by atoms with E-state index in [-0.39, 0.29) is 5.91 Å². The van der Waals surface area contributed by atoms with Crippen molar-refractivity contribution >= 4 is 17.3 Å². The predicted octanol–water partition coefficient (Wildman–Crippen LogP) is 2.33. The number of piperazine rings is 1. The lowest BCUT2D eigenvalue weighted by Crippen LogP contribution is -2.44. The molecule has 0 atom stereocenters. The number of nitrogens with one attached hydrogen (secondary N) is 2. The smallest absolute Gasteiger partial charge is 0.272 e. The monoisotopic (exact) mass is 298 g/mol. The van der Waals surface area contributed by atoms with Gasteiger partial charge in [0.25, 0.3) is 5.91 Å². The number of aromatic amines is 1. The molecule has 1 saturated heterocycles. The van der Waals surface area contributed by atoms with Crippen molar-refractivity contribution in [2.24, 2.45) is 0 Å². The number of carbonyl (C=O) groups is 1. The van der Waals surface area contributed by atoms with Crippen LogP contribution in [0.4, 0.5) is 11.4 Å². The summed E-state index contributed by atoms with van der Waals surface area (Å²) >= 11 is 0. The van der Waals surface area contributed by atoms with Gasteiger partial charge in [0.05, 0.1) is 0 Å². The second-order valence-electron chi connectivity index (χ2n) is 5.83. The van der Waals surface area contributed by atoms with Crippen molar-refractivity contribution in [1.29, 1.82) is 0 Å². The summed E-state index contributed by atoms with van der Waals surface area (Å²) in [5, 5.41) is 2.99. The Kier molecular flexibility index (Phi) is 4.15. The molecule has 1 amide bonds. The third kappa shape index (κ3) is 3.14. The fraction of sp³-hybridized carbons (Fsp3) is 0.353. The fourth-order valence-corrected chi connectivity index (χ4v) is 2.67. The number of benzene rings is 1. The van der Waals surface area contributed by atoms with E-state index >= 15 is 0 Å². The van der Waals surface area contributed by atoms with E-state index in [2.05, 4.69) is 45.3 Å². The maximum absolute atomic E-state index is 12.2.